The average molecular weight is 201 g/mol. The van der Waals surface area contributed by atoms with Gasteiger partial charge in [-0.3, -0.25) is 4.79 Å². The van der Waals surface area contributed by atoms with Crippen LogP contribution >= 0.6 is 0 Å². The maximum absolute atomic E-state index is 11.5. The lowest BCUT2D eigenvalue weighted by Gasteiger charge is -2.21. The molecule has 0 aromatic carbocycles. The highest BCUT2D eigenvalue weighted by molar-refractivity contribution is 5.84. The zero-order valence-corrected chi connectivity index (χ0v) is 8.23. The summed E-state index contributed by atoms with van der Waals surface area (Å²) in [7, 11) is 1.52. The molecular weight excluding hydrogens is 186 g/mol. The monoisotopic (exact) mass is 201 g/mol. The van der Waals surface area contributed by atoms with Crippen molar-refractivity contribution < 1.29 is 19.4 Å². The molecule has 0 aromatic rings. The number of amides is 1. The standard InChI is InChI=1S/C9H15NO4/c1-14-6-4-8(11)10-5-2-3-7(10)9(12)13/h7H,2-6H2,1H3,(H,12,13). The third-order valence-electron chi connectivity index (χ3n) is 2.38. The van der Waals surface area contributed by atoms with Crippen molar-refractivity contribution in [3.63, 3.8) is 0 Å². The van der Waals surface area contributed by atoms with E-state index in [2.05, 4.69) is 0 Å². The number of nitrogens with zero attached hydrogens (tertiary/aromatic N) is 1. The van der Waals surface area contributed by atoms with Gasteiger partial charge in [-0.25, -0.2) is 4.79 Å². The van der Waals surface area contributed by atoms with E-state index >= 15 is 0 Å². The van der Waals surface area contributed by atoms with Gasteiger partial charge >= 0.3 is 5.97 Å². The van der Waals surface area contributed by atoms with E-state index < -0.39 is 12.0 Å². The topological polar surface area (TPSA) is 66.8 Å². The van der Waals surface area contributed by atoms with Crippen LogP contribution in [0.1, 0.15) is 19.3 Å². The molecule has 0 radical (unpaired) electrons. The van der Waals surface area contributed by atoms with Crippen molar-refractivity contribution in [2.45, 2.75) is 25.3 Å². The Kier molecular flexibility index (Phi) is 3.88. The molecule has 5 heteroatoms. The van der Waals surface area contributed by atoms with Gasteiger partial charge in [0, 0.05) is 13.7 Å². The number of hydrogen-bond donors (Lipinski definition) is 1. The zero-order chi connectivity index (χ0) is 10.6. The first kappa shape index (κ1) is 11.0. The third kappa shape index (κ3) is 2.45. The van der Waals surface area contributed by atoms with Crippen molar-refractivity contribution in [1.82, 2.24) is 4.90 Å². The van der Waals surface area contributed by atoms with Gasteiger partial charge in [-0.05, 0) is 12.8 Å². The lowest BCUT2D eigenvalue weighted by atomic mass is 10.2. The molecule has 1 saturated heterocycles. The number of ether oxygens (including phenoxy) is 1. The molecule has 1 aliphatic heterocycles. The smallest absolute Gasteiger partial charge is 0.326 e. The van der Waals surface area contributed by atoms with Gasteiger partial charge in [0.05, 0.1) is 13.0 Å². The quantitative estimate of drug-likeness (QED) is 0.700. The van der Waals surface area contributed by atoms with Crippen molar-refractivity contribution in [3.05, 3.63) is 0 Å². The molecule has 1 N–H and O–H groups in total. The number of rotatable bonds is 4. The lowest BCUT2D eigenvalue weighted by molar-refractivity contribution is -0.148. The molecule has 1 heterocycles. The van der Waals surface area contributed by atoms with Crippen LogP contribution in [0.5, 0.6) is 0 Å². The average Bonchev–Trinajstić information content (AvgIpc) is 2.62. The normalized spacial score (nSPS) is 21.2. The highest BCUT2D eigenvalue weighted by Crippen LogP contribution is 2.18. The molecule has 1 aliphatic rings. The van der Waals surface area contributed by atoms with E-state index in [0.717, 1.165) is 6.42 Å². The fraction of sp³-hybridized carbons (Fsp3) is 0.778. The zero-order valence-electron chi connectivity index (χ0n) is 8.23. The highest BCUT2D eigenvalue weighted by Gasteiger charge is 2.33. The molecule has 0 spiro atoms. The third-order valence-corrected chi connectivity index (χ3v) is 2.38. The first-order valence-electron chi connectivity index (χ1n) is 4.68. The van der Waals surface area contributed by atoms with Crippen LogP contribution < -0.4 is 0 Å². The van der Waals surface area contributed by atoms with Crippen LogP contribution in [-0.2, 0) is 14.3 Å². The van der Waals surface area contributed by atoms with Crippen LogP contribution in [0.3, 0.4) is 0 Å². The Balaban J connectivity index is 2.49. The van der Waals surface area contributed by atoms with Crippen molar-refractivity contribution in [2.24, 2.45) is 0 Å². The first-order valence-corrected chi connectivity index (χ1v) is 4.68. The minimum absolute atomic E-state index is 0.128. The van der Waals surface area contributed by atoms with Crippen LogP contribution in [0.2, 0.25) is 0 Å². The second-order valence-electron chi connectivity index (χ2n) is 3.33. The minimum atomic E-state index is -0.909. The molecule has 80 valence electrons. The number of carbonyl (C=O) groups excluding carboxylic acids is 1. The Hall–Kier alpha value is -1.10. The van der Waals surface area contributed by atoms with E-state index in [-0.39, 0.29) is 12.3 Å². The van der Waals surface area contributed by atoms with Crippen LogP contribution in [0, 0.1) is 0 Å². The van der Waals surface area contributed by atoms with Crippen molar-refractivity contribution >= 4 is 11.9 Å². The summed E-state index contributed by atoms with van der Waals surface area (Å²) >= 11 is 0. The lowest BCUT2D eigenvalue weighted by Crippen LogP contribution is -2.40. The fourth-order valence-corrected chi connectivity index (χ4v) is 1.65. The molecule has 1 fully saturated rings. The Morgan fingerprint density at radius 3 is 2.86 bits per heavy atom. The Bertz CT molecular complexity index is 229. The van der Waals surface area contributed by atoms with Crippen molar-refractivity contribution in [3.8, 4) is 0 Å². The number of carbonyl (C=O) groups is 2. The summed E-state index contributed by atoms with van der Waals surface area (Å²) in [5.74, 6) is -1.04. The number of carboxylic acid groups (broad SMARTS) is 1. The van der Waals surface area contributed by atoms with E-state index in [1.165, 1.54) is 12.0 Å². The van der Waals surface area contributed by atoms with E-state index in [1.807, 2.05) is 0 Å². The molecule has 1 unspecified atom stereocenters. The van der Waals surface area contributed by atoms with Gasteiger partial charge in [0.1, 0.15) is 6.04 Å². The molecule has 1 rings (SSSR count). The predicted octanol–water partition coefficient (Wildman–Crippen LogP) is 0.0985. The van der Waals surface area contributed by atoms with Gasteiger partial charge in [-0.1, -0.05) is 0 Å². The Labute approximate surface area is 82.6 Å². The van der Waals surface area contributed by atoms with Gasteiger partial charge < -0.3 is 14.7 Å². The first-order chi connectivity index (χ1) is 6.66. The summed E-state index contributed by atoms with van der Waals surface area (Å²) in [6.45, 7) is 0.904. The van der Waals surface area contributed by atoms with Gasteiger partial charge in [0.2, 0.25) is 5.91 Å². The number of methoxy groups -OCH3 is 1. The highest BCUT2D eigenvalue weighted by atomic mass is 16.5. The van der Waals surface area contributed by atoms with Gasteiger partial charge in [0.15, 0.2) is 0 Å². The Morgan fingerprint density at radius 2 is 2.29 bits per heavy atom. The molecule has 14 heavy (non-hydrogen) atoms. The molecule has 5 nitrogen and oxygen atoms in total. The number of likely N-dealkylation sites (tertiary alicyclic amines) is 1. The minimum Gasteiger partial charge on any atom is -0.480 e. The summed E-state index contributed by atoms with van der Waals surface area (Å²) in [4.78, 5) is 23.7. The maximum Gasteiger partial charge on any atom is 0.326 e. The fourth-order valence-electron chi connectivity index (χ4n) is 1.65. The summed E-state index contributed by atoms with van der Waals surface area (Å²) in [6, 6.07) is -0.626. The van der Waals surface area contributed by atoms with Gasteiger partial charge in [0.25, 0.3) is 0 Å². The summed E-state index contributed by atoms with van der Waals surface area (Å²) in [5, 5.41) is 8.83. The second-order valence-corrected chi connectivity index (χ2v) is 3.33. The van der Waals surface area contributed by atoms with Crippen molar-refractivity contribution in [1.29, 1.82) is 0 Å². The largest absolute Gasteiger partial charge is 0.480 e. The molecular formula is C9H15NO4. The summed E-state index contributed by atoms with van der Waals surface area (Å²) in [6.07, 6.45) is 1.60. The van der Waals surface area contributed by atoms with E-state index in [0.29, 0.717) is 19.6 Å². The maximum atomic E-state index is 11.5. The summed E-state index contributed by atoms with van der Waals surface area (Å²) in [5.41, 5.74) is 0. The molecule has 0 saturated carbocycles. The number of aliphatic carboxylic acids is 1. The van der Waals surface area contributed by atoms with Crippen LogP contribution in [-0.4, -0.2) is 48.2 Å². The van der Waals surface area contributed by atoms with E-state index in [4.69, 9.17) is 9.84 Å². The predicted molar refractivity (Wildman–Crippen MR) is 48.9 cm³/mol. The molecule has 0 aromatic heterocycles. The van der Waals surface area contributed by atoms with E-state index in [1.54, 1.807) is 0 Å². The number of carboxylic acids is 1. The molecule has 1 amide bonds. The van der Waals surface area contributed by atoms with Crippen molar-refractivity contribution in [2.75, 3.05) is 20.3 Å². The molecule has 0 aliphatic carbocycles. The molecule has 0 bridgehead atoms. The van der Waals surface area contributed by atoms with Gasteiger partial charge in [-0.2, -0.15) is 0 Å². The van der Waals surface area contributed by atoms with Gasteiger partial charge in [-0.15, -0.1) is 0 Å². The second kappa shape index (κ2) is 4.95. The van der Waals surface area contributed by atoms with Crippen LogP contribution in [0.4, 0.5) is 0 Å². The van der Waals surface area contributed by atoms with Crippen LogP contribution in [0.15, 0.2) is 0 Å². The van der Waals surface area contributed by atoms with E-state index in [9.17, 15) is 9.59 Å². The Morgan fingerprint density at radius 1 is 1.57 bits per heavy atom. The number of hydrogen-bond acceptors (Lipinski definition) is 3. The summed E-state index contributed by atoms with van der Waals surface area (Å²) < 4.78 is 4.77. The van der Waals surface area contributed by atoms with Crippen LogP contribution in [0.25, 0.3) is 0 Å². The SMILES string of the molecule is COCCC(=O)N1CCCC1C(=O)O. The molecule has 1 atom stereocenters.